The summed E-state index contributed by atoms with van der Waals surface area (Å²) in [4.78, 5) is 33.8. The van der Waals surface area contributed by atoms with Crippen molar-refractivity contribution in [1.82, 2.24) is 5.32 Å². The van der Waals surface area contributed by atoms with E-state index in [1.54, 1.807) is 12.1 Å². The molecule has 0 heterocycles. The van der Waals surface area contributed by atoms with Gasteiger partial charge < -0.3 is 10.4 Å². The van der Waals surface area contributed by atoms with E-state index in [0.29, 0.717) is 24.0 Å². The first kappa shape index (κ1) is 12.3. The van der Waals surface area contributed by atoms with Crippen LogP contribution in [0.3, 0.4) is 0 Å². The van der Waals surface area contributed by atoms with E-state index in [1.165, 1.54) is 19.1 Å². The van der Waals surface area contributed by atoms with Gasteiger partial charge in [-0.3, -0.25) is 9.59 Å². The van der Waals surface area contributed by atoms with Crippen LogP contribution in [0.1, 0.15) is 40.5 Å². The van der Waals surface area contributed by atoms with Crippen molar-refractivity contribution >= 4 is 17.7 Å². The van der Waals surface area contributed by atoms with E-state index in [9.17, 15) is 14.4 Å². The molecule has 0 saturated heterocycles. The molecule has 5 heteroatoms. The fourth-order valence-corrected chi connectivity index (χ4v) is 1.66. The molecule has 0 spiro atoms. The molecule has 0 radical (unpaired) electrons. The Kier molecular flexibility index (Phi) is 2.90. The zero-order valence-corrected chi connectivity index (χ0v) is 9.90. The van der Waals surface area contributed by atoms with Crippen LogP contribution in [0.4, 0.5) is 0 Å². The van der Waals surface area contributed by atoms with Gasteiger partial charge in [-0.25, -0.2) is 4.79 Å². The van der Waals surface area contributed by atoms with Crippen LogP contribution in [-0.4, -0.2) is 28.3 Å². The van der Waals surface area contributed by atoms with Crippen molar-refractivity contribution in [2.75, 3.05) is 0 Å². The summed E-state index contributed by atoms with van der Waals surface area (Å²) < 4.78 is 0. The molecule has 1 amide bonds. The number of carbonyl (C=O) groups is 3. The highest BCUT2D eigenvalue weighted by molar-refractivity contribution is 6.00. The van der Waals surface area contributed by atoms with E-state index < -0.39 is 17.4 Å². The first-order valence-electron chi connectivity index (χ1n) is 5.61. The Balaban J connectivity index is 2.10. The predicted molar refractivity (Wildman–Crippen MR) is 63.5 cm³/mol. The smallest absolute Gasteiger partial charge is 0.329 e. The Morgan fingerprint density at radius 2 is 1.61 bits per heavy atom. The Morgan fingerprint density at radius 3 is 2.00 bits per heavy atom. The van der Waals surface area contributed by atoms with Crippen molar-refractivity contribution in [3.8, 4) is 0 Å². The summed E-state index contributed by atoms with van der Waals surface area (Å²) in [6, 6.07) is 6.14. The van der Waals surface area contributed by atoms with Crippen molar-refractivity contribution in [2.45, 2.75) is 25.3 Å². The quantitative estimate of drug-likeness (QED) is 0.784. The lowest BCUT2D eigenvalue weighted by Gasteiger charge is -2.12. The van der Waals surface area contributed by atoms with Gasteiger partial charge in [-0.2, -0.15) is 0 Å². The number of nitrogens with one attached hydrogen (secondary N) is 1. The molecule has 0 aliphatic heterocycles. The summed E-state index contributed by atoms with van der Waals surface area (Å²) in [6.07, 6.45) is 0.916. The highest BCUT2D eigenvalue weighted by atomic mass is 16.4. The van der Waals surface area contributed by atoms with E-state index in [2.05, 4.69) is 5.32 Å². The Morgan fingerprint density at radius 1 is 1.11 bits per heavy atom. The van der Waals surface area contributed by atoms with E-state index in [0.717, 1.165) is 0 Å². The molecule has 1 aromatic rings. The van der Waals surface area contributed by atoms with Gasteiger partial charge in [-0.1, -0.05) is 12.1 Å². The molecule has 0 bridgehead atoms. The van der Waals surface area contributed by atoms with Gasteiger partial charge in [0.25, 0.3) is 5.91 Å². The van der Waals surface area contributed by atoms with Crippen molar-refractivity contribution in [1.29, 1.82) is 0 Å². The van der Waals surface area contributed by atoms with Crippen LogP contribution in [-0.2, 0) is 4.79 Å². The summed E-state index contributed by atoms with van der Waals surface area (Å²) in [5.41, 5.74) is -0.213. The van der Waals surface area contributed by atoms with E-state index in [4.69, 9.17) is 5.11 Å². The van der Waals surface area contributed by atoms with Crippen LogP contribution >= 0.6 is 0 Å². The summed E-state index contributed by atoms with van der Waals surface area (Å²) >= 11 is 0. The van der Waals surface area contributed by atoms with Crippen molar-refractivity contribution in [3.63, 3.8) is 0 Å². The Bertz CT molecular complexity index is 514. The zero-order chi connectivity index (χ0) is 13.3. The fraction of sp³-hybridized carbons (Fsp3) is 0.308. The number of carbonyl (C=O) groups excluding carboxylic acids is 2. The van der Waals surface area contributed by atoms with Crippen LogP contribution in [0, 0.1) is 0 Å². The summed E-state index contributed by atoms with van der Waals surface area (Å²) in [5, 5.41) is 11.5. The first-order valence-corrected chi connectivity index (χ1v) is 5.61. The SMILES string of the molecule is CC(=O)c1ccc(C(=O)NC2(C(=O)O)CC2)cc1. The second-order valence-corrected chi connectivity index (χ2v) is 4.47. The molecular weight excluding hydrogens is 234 g/mol. The molecule has 2 rings (SSSR count). The lowest BCUT2D eigenvalue weighted by Crippen LogP contribution is -2.43. The number of hydrogen-bond donors (Lipinski definition) is 2. The standard InChI is InChI=1S/C13H13NO4/c1-8(15)9-2-4-10(5-3-9)11(16)14-13(6-7-13)12(17)18/h2-5H,6-7H2,1H3,(H,14,16)(H,17,18). The van der Waals surface area contributed by atoms with E-state index in [1.807, 2.05) is 0 Å². The van der Waals surface area contributed by atoms with Crippen LogP contribution in [0.2, 0.25) is 0 Å². The number of hydrogen-bond acceptors (Lipinski definition) is 3. The summed E-state index contributed by atoms with van der Waals surface area (Å²) in [5.74, 6) is -1.51. The van der Waals surface area contributed by atoms with Crippen LogP contribution < -0.4 is 5.32 Å². The van der Waals surface area contributed by atoms with Crippen molar-refractivity contribution in [2.24, 2.45) is 0 Å². The van der Waals surface area contributed by atoms with Crippen LogP contribution in [0.25, 0.3) is 0 Å². The third kappa shape index (κ3) is 2.25. The number of rotatable bonds is 4. The maximum atomic E-state index is 11.8. The molecule has 0 aromatic heterocycles. The minimum atomic E-state index is -1.09. The lowest BCUT2D eigenvalue weighted by molar-refractivity contribution is -0.140. The minimum Gasteiger partial charge on any atom is -0.480 e. The predicted octanol–water partition coefficient (Wildman–Crippen LogP) is 1.24. The summed E-state index contributed by atoms with van der Waals surface area (Å²) in [6.45, 7) is 1.44. The Labute approximate surface area is 104 Å². The number of ketones is 1. The third-order valence-electron chi connectivity index (χ3n) is 3.07. The molecule has 18 heavy (non-hydrogen) atoms. The van der Waals surface area contributed by atoms with Crippen LogP contribution in [0.5, 0.6) is 0 Å². The molecule has 0 atom stereocenters. The Hall–Kier alpha value is -2.17. The van der Waals surface area contributed by atoms with E-state index >= 15 is 0 Å². The topological polar surface area (TPSA) is 83.5 Å². The molecule has 1 aromatic carbocycles. The second-order valence-electron chi connectivity index (χ2n) is 4.47. The molecule has 1 saturated carbocycles. The fourth-order valence-electron chi connectivity index (χ4n) is 1.66. The zero-order valence-electron chi connectivity index (χ0n) is 9.90. The number of aliphatic carboxylic acids is 1. The largest absolute Gasteiger partial charge is 0.480 e. The number of benzene rings is 1. The van der Waals surface area contributed by atoms with Crippen molar-refractivity contribution < 1.29 is 19.5 Å². The number of Topliss-reactive ketones (excluding diaryl/α,β-unsaturated/α-hetero) is 1. The van der Waals surface area contributed by atoms with Gasteiger partial charge in [0.15, 0.2) is 5.78 Å². The maximum absolute atomic E-state index is 11.8. The van der Waals surface area contributed by atoms with Crippen molar-refractivity contribution in [3.05, 3.63) is 35.4 Å². The third-order valence-corrected chi connectivity index (χ3v) is 3.07. The molecule has 2 N–H and O–H groups in total. The highest BCUT2D eigenvalue weighted by Gasteiger charge is 2.51. The second kappa shape index (κ2) is 4.25. The maximum Gasteiger partial charge on any atom is 0.329 e. The molecule has 94 valence electrons. The van der Waals surface area contributed by atoms with Gasteiger partial charge in [-0.15, -0.1) is 0 Å². The monoisotopic (exact) mass is 247 g/mol. The van der Waals surface area contributed by atoms with E-state index in [-0.39, 0.29) is 5.78 Å². The van der Waals surface area contributed by atoms with Crippen LogP contribution in [0.15, 0.2) is 24.3 Å². The van der Waals surface area contributed by atoms with Gasteiger partial charge >= 0.3 is 5.97 Å². The molecule has 1 fully saturated rings. The number of carboxylic acid groups (broad SMARTS) is 1. The average Bonchev–Trinajstić information content (AvgIpc) is 3.10. The van der Waals surface area contributed by atoms with Gasteiger partial charge in [0.05, 0.1) is 0 Å². The normalized spacial score (nSPS) is 15.8. The van der Waals surface area contributed by atoms with Gasteiger partial charge in [0.2, 0.25) is 0 Å². The molecule has 0 unspecified atom stereocenters. The minimum absolute atomic E-state index is 0.0776. The average molecular weight is 247 g/mol. The van der Waals surface area contributed by atoms with Gasteiger partial charge in [0, 0.05) is 11.1 Å². The highest BCUT2D eigenvalue weighted by Crippen LogP contribution is 2.35. The molecular formula is C13H13NO4. The van der Waals surface area contributed by atoms with Gasteiger partial charge in [-0.05, 0) is 31.9 Å². The number of carboxylic acids is 1. The first-order chi connectivity index (χ1) is 8.44. The summed E-state index contributed by atoms with van der Waals surface area (Å²) in [7, 11) is 0. The molecule has 5 nitrogen and oxygen atoms in total. The molecule has 1 aliphatic carbocycles. The van der Waals surface area contributed by atoms with Gasteiger partial charge in [0.1, 0.15) is 5.54 Å². The molecule has 1 aliphatic rings. The number of amides is 1. The lowest BCUT2D eigenvalue weighted by atomic mass is 10.1.